The van der Waals surface area contributed by atoms with E-state index >= 15 is 0 Å². The first kappa shape index (κ1) is 82.1. The molecule has 0 aromatic heterocycles. The van der Waals surface area contributed by atoms with Crippen molar-refractivity contribution in [3.8, 4) is 0 Å². The maximum Gasteiger partial charge on any atom is 0.472 e. The number of hydrogen-bond acceptors (Lipinski definition) is 15. The largest absolute Gasteiger partial charge is 0.472 e. The number of aliphatic hydroxyl groups is 1. The fraction of sp³-hybridized carbons (Fsp3) is 0.938. The second-order valence-corrected chi connectivity index (χ2v) is 28.3. The summed E-state index contributed by atoms with van der Waals surface area (Å²) in [6.07, 6.45) is 35.1. The minimum Gasteiger partial charge on any atom is -0.462 e. The minimum absolute atomic E-state index is 0.102. The quantitative estimate of drug-likeness (QED) is 0.0222. The van der Waals surface area contributed by atoms with Gasteiger partial charge in [-0.2, -0.15) is 0 Å². The van der Waals surface area contributed by atoms with Crippen molar-refractivity contribution in [2.24, 2.45) is 23.7 Å². The van der Waals surface area contributed by atoms with Gasteiger partial charge in [0.1, 0.15) is 19.3 Å². The van der Waals surface area contributed by atoms with Gasteiger partial charge < -0.3 is 33.8 Å². The second-order valence-electron chi connectivity index (χ2n) is 25.4. The van der Waals surface area contributed by atoms with Crippen molar-refractivity contribution in [3.63, 3.8) is 0 Å². The van der Waals surface area contributed by atoms with E-state index < -0.39 is 97.5 Å². The number of aliphatic hydroxyl groups excluding tert-OH is 1. The van der Waals surface area contributed by atoms with Crippen LogP contribution >= 0.6 is 15.6 Å². The fourth-order valence-corrected chi connectivity index (χ4v) is 11.2. The number of rotatable bonds is 62. The van der Waals surface area contributed by atoms with Crippen LogP contribution < -0.4 is 0 Å². The van der Waals surface area contributed by atoms with E-state index in [0.29, 0.717) is 37.5 Å². The van der Waals surface area contributed by atoms with Crippen LogP contribution in [0.3, 0.4) is 0 Å². The van der Waals surface area contributed by atoms with E-state index in [-0.39, 0.29) is 25.7 Å². The van der Waals surface area contributed by atoms with Crippen LogP contribution in [0.5, 0.6) is 0 Å². The number of unbranched alkanes of at least 4 members (excludes halogenated alkanes) is 28. The lowest BCUT2D eigenvalue weighted by atomic mass is 10.0. The van der Waals surface area contributed by atoms with Gasteiger partial charge >= 0.3 is 39.5 Å². The van der Waals surface area contributed by atoms with Crippen molar-refractivity contribution in [1.82, 2.24) is 0 Å². The Kier molecular flexibility index (Phi) is 53.9. The first-order valence-corrected chi connectivity index (χ1v) is 36.7. The van der Waals surface area contributed by atoms with Crippen LogP contribution in [0.4, 0.5) is 0 Å². The Balaban J connectivity index is 5.24. The summed E-state index contributed by atoms with van der Waals surface area (Å²) < 4.78 is 68.0. The molecule has 0 rings (SSSR count). The van der Waals surface area contributed by atoms with Crippen LogP contribution in [0, 0.1) is 23.7 Å². The number of carbonyl (C=O) groups is 4. The van der Waals surface area contributed by atoms with Crippen LogP contribution in [-0.4, -0.2) is 96.7 Å². The Morgan fingerprint density at radius 3 is 0.738 bits per heavy atom. The molecule has 3 N–H and O–H groups in total. The highest BCUT2D eigenvalue weighted by atomic mass is 31.2. The van der Waals surface area contributed by atoms with Crippen molar-refractivity contribution < 1.29 is 80.2 Å². The van der Waals surface area contributed by atoms with Crippen LogP contribution in [0.15, 0.2) is 0 Å². The highest BCUT2D eigenvalue weighted by Crippen LogP contribution is 2.45. The molecule has 0 heterocycles. The highest BCUT2D eigenvalue weighted by Gasteiger charge is 2.30. The molecule has 2 unspecified atom stereocenters. The number of phosphoric ester groups is 2. The van der Waals surface area contributed by atoms with Crippen molar-refractivity contribution in [1.29, 1.82) is 0 Å². The molecule has 0 fully saturated rings. The summed E-state index contributed by atoms with van der Waals surface area (Å²) in [5, 5.41) is 10.5. The summed E-state index contributed by atoms with van der Waals surface area (Å²) in [6.45, 7) is 13.9. The Hall–Kier alpha value is -1.94. The molecular formula is C65H126O17P2. The lowest BCUT2D eigenvalue weighted by Gasteiger charge is -2.21. The summed E-state index contributed by atoms with van der Waals surface area (Å²) in [7, 11) is -9.89. The van der Waals surface area contributed by atoms with Crippen LogP contribution in [0.25, 0.3) is 0 Å². The molecule has 0 radical (unpaired) electrons. The molecule has 0 spiro atoms. The van der Waals surface area contributed by atoms with Gasteiger partial charge in [0, 0.05) is 25.7 Å². The monoisotopic (exact) mass is 1240 g/mol. The Morgan fingerprint density at radius 2 is 0.500 bits per heavy atom. The predicted molar refractivity (Wildman–Crippen MR) is 335 cm³/mol. The standard InChI is InChI=1S/C65H126O17P2/c1-55(2)41-33-25-17-12-10-9-11-13-21-31-39-47-64(69)81-61(52-76-63(68)46-38-30-24-23-28-36-44-58(7)8)54-80-84(73,74)78-50-59(66)49-77-83(71,72)79-53-60(82-65(70)48-40-32-22-16-19-27-35-43-57(5)6)51-75-62(67)45-37-29-20-15-14-18-26-34-42-56(3)4/h55-61,66H,9-54H2,1-8H3,(H,71,72)(H,73,74)/t59-,60-,61-/m1/s1. The van der Waals surface area contributed by atoms with E-state index in [1.165, 1.54) is 109 Å². The third kappa shape index (κ3) is 59.0. The maximum atomic E-state index is 13.0. The average molecular weight is 1240 g/mol. The Labute approximate surface area is 511 Å². The van der Waals surface area contributed by atoms with Gasteiger partial charge in [-0.05, 0) is 49.4 Å². The molecule has 498 valence electrons. The number of esters is 4. The molecule has 0 saturated heterocycles. The second kappa shape index (κ2) is 55.2. The highest BCUT2D eigenvalue weighted by molar-refractivity contribution is 7.47. The van der Waals surface area contributed by atoms with Gasteiger partial charge in [-0.3, -0.25) is 37.3 Å². The van der Waals surface area contributed by atoms with Gasteiger partial charge in [0.2, 0.25) is 0 Å². The summed E-state index contributed by atoms with van der Waals surface area (Å²) in [5.41, 5.74) is 0. The number of phosphoric acid groups is 2. The molecule has 0 aliphatic heterocycles. The average Bonchev–Trinajstić information content (AvgIpc) is 3.50. The van der Waals surface area contributed by atoms with E-state index in [1.807, 2.05) is 0 Å². The van der Waals surface area contributed by atoms with Crippen molar-refractivity contribution in [2.75, 3.05) is 39.6 Å². The summed E-state index contributed by atoms with van der Waals surface area (Å²) in [5.74, 6) is 0.726. The summed E-state index contributed by atoms with van der Waals surface area (Å²) >= 11 is 0. The molecule has 0 saturated carbocycles. The molecule has 0 aliphatic carbocycles. The third-order valence-electron chi connectivity index (χ3n) is 14.8. The lowest BCUT2D eigenvalue weighted by Crippen LogP contribution is -2.30. The van der Waals surface area contributed by atoms with Gasteiger partial charge in [-0.15, -0.1) is 0 Å². The Morgan fingerprint density at radius 1 is 0.298 bits per heavy atom. The number of carbonyl (C=O) groups excluding carboxylic acids is 4. The van der Waals surface area contributed by atoms with Crippen LogP contribution in [-0.2, 0) is 65.4 Å². The molecule has 0 aliphatic rings. The van der Waals surface area contributed by atoms with Gasteiger partial charge in [-0.1, -0.05) is 261 Å². The molecule has 5 atom stereocenters. The van der Waals surface area contributed by atoms with E-state index in [2.05, 4.69) is 55.4 Å². The van der Waals surface area contributed by atoms with Crippen molar-refractivity contribution >= 4 is 39.5 Å². The molecule has 0 aromatic carbocycles. The lowest BCUT2D eigenvalue weighted by molar-refractivity contribution is -0.161. The third-order valence-corrected chi connectivity index (χ3v) is 16.7. The van der Waals surface area contributed by atoms with Crippen LogP contribution in [0.1, 0.15) is 312 Å². The minimum atomic E-state index is -4.95. The zero-order valence-electron chi connectivity index (χ0n) is 54.5. The van der Waals surface area contributed by atoms with E-state index in [9.17, 15) is 43.2 Å². The zero-order chi connectivity index (χ0) is 62.5. The van der Waals surface area contributed by atoms with Gasteiger partial charge in [-0.25, -0.2) is 9.13 Å². The Bertz CT molecular complexity index is 1680. The van der Waals surface area contributed by atoms with E-state index in [1.54, 1.807) is 0 Å². The van der Waals surface area contributed by atoms with Gasteiger partial charge in [0.05, 0.1) is 26.4 Å². The van der Waals surface area contributed by atoms with E-state index in [0.717, 1.165) is 108 Å². The maximum absolute atomic E-state index is 13.0. The molecule has 0 aromatic rings. The molecule has 0 bridgehead atoms. The molecular weight excluding hydrogens is 1110 g/mol. The van der Waals surface area contributed by atoms with Crippen molar-refractivity contribution in [2.45, 2.75) is 331 Å². The first-order valence-electron chi connectivity index (χ1n) is 33.7. The van der Waals surface area contributed by atoms with Gasteiger partial charge in [0.15, 0.2) is 12.2 Å². The molecule has 19 heteroatoms. The fourth-order valence-electron chi connectivity index (χ4n) is 9.61. The predicted octanol–water partition coefficient (Wildman–Crippen LogP) is 17.8. The zero-order valence-corrected chi connectivity index (χ0v) is 56.3. The first-order chi connectivity index (χ1) is 40.1. The molecule has 84 heavy (non-hydrogen) atoms. The van der Waals surface area contributed by atoms with Gasteiger partial charge in [0.25, 0.3) is 0 Å². The summed E-state index contributed by atoms with van der Waals surface area (Å²) in [4.78, 5) is 72.2. The number of ether oxygens (including phenoxy) is 4. The van der Waals surface area contributed by atoms with Crippen molar-refractivity contribution in [3.05, 3.63) is 0 Å². The van der Waals surface area contributed by atoms with E-state index in [4.69, 9.17) is 37.0 Å². The van der Waals surface area contributed by atoms with Crippen LogP contribution in [0.2, 0.25) is 0 Å². The normalized spacial score (nSPS) is 14.4. The summed E-state index contributed by atoms with van der Waals surface area (Å²) in [6, 6.07) is 0. The smallest absolute Gasteiger partial charge is 0.462 e. The number of hydrogen-bond donors (Lipinski definition) is 3. The molecule has 17 nitrogen and oxygen atoms in total. The molecule has 0 amide bonds. The SMILES string of the molecule is CC(C)CCCCCCCCCCCCCC(=O)O[C@H](COC(=O)CCCCCCCCC(C)C)COP(=O)(O)OC[C@H](O)COP(=O)(O)OC[C@@H](COC(=O)CCCCCCCCCCC(C)C)OC(=O)CCCCCCCCCC(C)C. The topological polar surface area (TPSA) is 237 Å².